The van der Waals surface area contributed by atoms with Crippen LogP contribution in [0, 0.1) is 12.7 Å². The van der Waals surface area contributed by atoms with E-state index in [0.29, 0.717) is 41.8 Å². The van der Waals surface area contributed by atoms with E-state index >= 15 is 0 Å². The number of carbonyl (C=O) groups is 3. The third kappa shape index (κ3) is 2.49. The Hall–Kier alpha value is -3.02. The van der Waals surface area contributed by atoms with Crippen LogP contribution in [0.3, 0.4) is 0 Å². The van der Waals surface area contributed by atoms with Crippen LogP contribution in [0.1, 0.15) is 38.3 Å². The van der Waals surface area contributed by atoms with Gasteiger partial charge in [0.1, 0.15) is 12.4 Å². The summed E-state index contributed by atoms with van der Waals surface area (Å²) in [4.78, 5) is 40.4. The number of amides is 3. The fraction of sp³-hybridized carbons (Fsp3) is 0.250. The zero-order valence-electron chi connectivity index (χ0n) is 14.3. The molecular formula is C20H17FN2O3. The lowest BCUT2D eigenvalue weighted by molar-refractivity contribution is -0.119. The van der Waals surface area contributed by atoms with Gasteiger partial charge in [0.2, 0.25) is 5.91 Å². The lowest BCUT2D eigenvalue weighted by Crippen LogP contribution is -2.45. The van der Waals surface area contributed by atoms with E-state index in [4.69, 9.17) is 0 Å². The molecule has 132 valence electrons. The van der Waals surface area contributed by atoms with Gasteiger partial charge in [0.15, 0.2) is 0 Å². The Morgan fingerprint density at radius 1 is 1.12 bits per heavy atom. The molecule has 0 fully saturated rings. The van der Waals surface area contributed by atoms with Gasteiger partial charge in [-0.1, -0.05) is 12.1 Å². The van der Waals surface area contributed by atoms with Crippen LogP contribution < -0.4 is 4.90 Å². The smallest absolute Gasteiger partial charge is 0.262 e. The first-order chi connectivity index (χ1) is 12.5. The summed E-state index contributed by atoms with van der Waals surface area (Å²) in [7, 11) is 0. The Morgan fingerprint density at radius 3 is 2.42 bits per heavy atom. The third-order valence-electron chi connectivity index (χ3n) is 4.91. The van der Waals surface area contributed by atoms with Gasteiger partial charge in [-0.25, -0.2) is 4.39 Å². The molecule has 0 bridgehead atoms. The molecule has 0 radical (unpaired) electrons. The molecule has 4 rings (SSSR count). The molecule has 0 saturated heterocycles. The molecular weight excluding hydrogens is 335 g/mol. The van der Waals surface area contributed by atoms with Gasteiger partial charge >= 0.3 is 0 Å². The number of aryl methyl sites for hydroxylation is 2. The fourth-order valence-electron chi connectivity index (χ4n) is 3.77. The summed E-state index contributed by atoms with van der Waals surface area (Å²) in [6.07, 6.45) is 1.41. The number of nitrogens with zero attached hydrogens (tertiary/aromatic N) is 2. The summed E-state index contributed by atoms with van der Waals surface area (Å²) in [5, 5.41) is 0. The normalized spacial score (nSPS) is 15.9. The summed E-state index contributed by atoms with van der Waals surface area (Å²) in [6, 6.07) is 9.39. The summed E-state index contributed by atoms with van der Waals surface area (Å²) >= 11 is 0. The first-order valence-corrected chi connectivity index (χ1v) is 8.52. The molecule has 3 amide bonds. The molecule has 2 aliphatic heterocycles. The molecule has 0 aliphatic carbocycles. The van der Waals surface area contributed by atoms with Crippen LogP contribution >= 0.6 is 0 Å². The Bertz CT molecular complexity index is 919. The minimum atomic E-state index is -0.452. The number of benzene rings is 2. The Labute approximate surface area is 150 Å². The van der Waals surface area contributed by atoms with Gasteiger partial charge in [-0.15, -0.1) is 0 Å². The second-order valence-corrected chi connectivity index (χ2v) is 6.62. The number of carbonyl (C=O) groups excluding carboxylic acids is 3. The molecule has 0 spiro atoms. The number of anilines is 1. The van der Waals surface area contributed by atoms with Crippen LogP contribution in [0.25, 0.3) is 0 Å². The highest BCUT2D eigenvalue weighted by Gasteiger charge is 2.37. The second-order valence-electron chi connectivity index (χ2n) is 6.62. The van der Waals surface area contributed by atoms with Gasteiger partial charge in [-0.05, 0) is 55.2 Å². The first-order valence-electron chi connectivity index (χ1n) is 8.52. The average molecular weight is 352 g/mol. The van der Waals surface area contributed by atoms with Crippen molar-refractivity contribution in [1.82, 2.24) is 4.90 Å². The van der Waals surface area contributed by atoms with Crippen molar-refractivity contribution in [2.45, 2.75) is 19.8 Å². The largest absolute Gasteiger partial charge is 0.310 e. The molecule has 0 unspecified atom stereocenters. The summed E-state index contributed by atoms with van der Waals surface area (Å²) in [5.74, 6) is -1.56. The van der Waals surface area contributed by atoms with Gasteiger partial charge in [-0.3, -0.25) is 19.3 Å². The summed E-state index contributed by atoms with van der Waals surface area (Å²) in [6.45, 7) is 1.93. The topological polar surface area (TPSA) is 57.7 Å². The molecule has 26 heavy (non-hydrogen) atoms. The van der Waals surface area contributed by atoms with Crippen LogP contribution in [-0.4, -0.2) is 35.7 Å². The van der Waals surface area contributed by atoms with E-state index in [1.807, 2.05) is 0 Å². The molecule has 2 aromatic rings. The summed E-state index contributed by atoms with van der Waals surface area (Å²) in [5.41, 5.74) is 2.80. The van der Waals surface area contributed by atoms with Crippen LogP contribution in [-0.2, 0) is 11.2 Å². The molecule has 0 saturated carbocycles. The van der Waals surface area contributed by atoms with Crippen LogP contribution in [0.15, 0.2) is 36.4 Å². The number of fused-ring (bicyclic) bond motifs is 2. The highest BCUT2D eigenvalue weighted by molar-refractivity contribution is 6.22. The van der Waals surface area contributed by atoms with E-state index < -0.39 is 11.8 Å². The van der Waals surface area contributed by atoms with E-state index in [-0.39, 0.29) is 18.3 Å². The molecule has 0 N–H and O–H groups in total. The Morgan fingerprint density at radius 2 is 1.77 bits per heavy atom. The van der Waals surface area contributed by atoms with Crippen molar-refractivity contribution in [1.29, 1.82) is 0 Å². The molecule has 2 heterocycles. The highest BCUT2D eigenvalue weighted by Crippen LogP contribution is 2.32. The summed E-state index contributed by atoms with van der Waals surface area (Å²) < 4.78 is 13.7. The van der Waals surface area contributed by atoms with E-state index in [9.17, 15) is 18.8 Å². The van der Waals surface area contributed by atoms with Crippen molar-refractivity contribution in [3.63, 3.8) is 0 Å². The third-order valence-corrected chi connectivity index (χ3v) is 4.91. The maximum Gasteiger partial charge on any atom is 0.262 e. The molecule has 5 nitrogen and oxygen atoms in total. The lowest BCUT2D eigenvalue weighted by Gasteiger charge is -2.32. The predicted octanol–water partition coefficient (Wildman–Crippen LogP) is 2.71. The number of halogens is 1. The molecule has 0 aromatic heterocycles. The number of rotatable bonds is 2. The van der Waals surface area contributed by atoms with Crippen molar-refractivity contribution >= 4 is 23.4 Å². The fourth-order valence-corrected chi connectivity index (χ4v) is 3.77. The molecule has 2 aromatic carbocycles. The Kier molecular flexibility index (Phi) is 3.83. The molecule has 0 atom stereocenters. The van der Waals surface area contributed by atoms with Gasteiger partial charge in [0.25, 0.3) is 11.8 Å². The number of imide groups is 1. The second kappa shape index (κ2) is 6.05. The van der Waals surface area contributed by atoms with Crippen molar-refractivity contribution in [3.05, 3.63) is 64.5 Å². The first kappa shape index (κ1) is 16.4. The van der Waals surface area contributed by atoms with E-state index in [1.165, 1.54) is 12.1 Å². The zero-order chi connectivity index (χ0) is 18.4. The van der Waals surface area contributed by atoms with Crippen molar-refractivity contribution in [2.24, 2.45) is 0 Å². The van der Waals surface area contributed by atoms with E-state index in [0.717, 1.165) is 10.5 Å². The number of hydrogen-bond acceptors (Lipinski definition) is 3. The highest BCUT2D eigenvalue weighted by atomic mass is 19.1. The average Bonchev–Trinajstić information content (AvgIpc) is 2.86. The molecule has 2 aliphatic rings. The van der Waals surface area contributed by atoms with Gasteiger partial charge in [0, 0.05) is 12.2 Å². The van der Waals surface area contributed by atoms with Crippen LogP contribution in [0.2, 0.25) is 0 Å². The quantitative estimate of drug-likeness (QED) is 0.781. The predicted molar refractivity (Wildman–Crippen MR) is 93.6 cm³/mol. The Balaban J connectivity index is 1.62. The van der Waals surface area contributed by atoms with Gasteiger partial charge < -0.3 is 4.90 Å². The maximum absolute atomic E-state index is 13.7. The maximum atomic E-state index is 13.7. The van der Waals surface area contributed by atoms with Gasteiger partial charge in [-0.2, -0.15) is 0 Å². The van der Waals surface area contributed by atoms with Crippen molar-refractivity contribution in [2.75, 3.05) is 18.0 Å². The lowest BCUT2D eigenvalue weighted by atomic mass is 9.98. The molecule has 6 heteroatoms. The minimum Gasteiger partial charge on any atom is -0.310 e. The van der Waals surface area contributed by atoms with Crippen molar-refractivity contribution in [3.8, 4) is 0 Å². The van der Waals surface area contributed by atoms with E-state index in [2.05, 4.69) is 0 Å². The standard InChI is InChI=1S/C20H17FN2O3/c1-12-9-14(21)10-13-5-4-8-22(18(12)13)17(24)11-23-19(25)15-6-2-3-7-16(15)20(23)26/h2-3,6-7,9-10H,4-5,8,11H2,1H3. The van der Waals surface area contributed by atoms with Gasteiger partial charge in [0.05, 0.1) is 11.1 Å². The van der Waals surface area contributed by atoms with Crippen LogP contribution in [0.4, 0.5) is 10.1 Å². The SMILES string of the molecule is Cc1cc(F)cc2c1N(C(=O)CN1C(=O)c3ccccc3C1=O)CCC2. The van der Waals surface area contributed by atoms with Crippen LogP contribution in [0.5, 0.6) is 0 Å². The van der Waals surface area contributed by atoms with E-state index in [1.54, 1.807) is 36.1 Å². The minimum absolute atomic E-state index is 0.317. The van der Waals surface area contributed by atoms with Crippen molar-refractivity contribution < 1.29 is 18.8 Å². The number of hydrogen-bond donors (Lipinski definition) is 0. The zero-order valence-corrected chi connectivity index (χ0v) is 14.3. The monoisotopic (exact) mass is 352 g/mol.